The van der Waals surface area contributed by atoms with Gasteiger partial charge in [0.15, 0.2) is 0 Å². The lowest BCUT2D eigenvalue weighted by atomic mass is 10.1. The van der Waals surface area contributed by atoms with Crippen molar-refractivity contribution in [1.82, 2.24) is 4.31 Å². The molecule has 1 heterocycles. The van der Waals surface area contributed by atoms with Gasteiger partial charge in [0.05, 0.1) is 11.1 Å². The van der Waals surface area contributed by atoms with Crippen LogP contribution >= 0.6 is 0 Å². The number of sulfonamides is 1. The highest BCUT2D eigenvalue weighted by atomic mass is 32.2. The minimum Gasteiger partial charge on any atom is -0.399 e. The first-order chi connectivity index (χ1) is 7.65. The van der Waals surface area contributed by atoms with Gasteiger partial charge in [-0.2, -0.15) is 0 Å². The highest BCUT2D eigenvalue weighted by Gasteiger charge is 2.46. The van der Waals surface area contributed by atoms with Gasteiger partial charge in [0.25, 0.3) is 15.9 Å². The Labute approximate surface area is 100 Å². The standard InChI is InChI=1S/C11H14N2O3S/c1-11(2,3)13-10(14)8-5-4-7(12)6-9(8)17(13,15)16/h4-6H,12H2,1-3H3. The van der Waals surface area contributed by atoms with Gasteiger partial charge < -0.3 is 5.73 Å². The van der Waals surface area contributed by atoms with Crippen LogP contribution in [0, 0.1) is 0 Å². The van der Waals surface area contributed by atoms with Gasteiger partial charge in [-0.3, -0.25) is 4.79 Å². The zero-order valence-corrected chi connectivity index (χ0v) is 10.7. The van der Waals surface area contributed by atoms with Gasteiger partial charge in [-0.15, -0.1) is 0 Å². The molecule has 0 fully saturated rings. The minimum absolute atomic E-state index is 0.00238. The third kappa shape index (κ3) is 1.59. The summed E-state index contributed by atoms with van der Waals surface area (Å²) in [5, 5.41) is 0. The molecule has 0 aliphatic carbocycles. The van der Waals surface area contributed by atoms with E-state index in [-0.39, 0.29) is 10.5 Å². The second-order valence-electron chi connectivity index (χ2n) is 5.00. The van der Waals surface area contributed by atoms with Crippen LogP contribution in [0.3, 0.4) is 0 Å². The summed E-state index contributed by atoms with van der Waals surface area (Å²) >= 11 is 0. The molecule has 92 valence electrons. The van der Waals surface area contributed by atoms with Crippen molar-refractivity contribution in [2.75, 3.05) is 5.73 Å². The summed E-state index contributed by atoms with van der Waals surface area (Å²) in [5.74, 6) is -0.493. The lowest BCUT2D eigenvalue weighted by molar-refractivity contribution is 0.0788. The number of nitrogens with zero attached hydrogens (tertiary/aromatic N) is 1. The van der Waals surface area contributed by atoms with Crippen LogP contribution in [0.1, 0.15) is 31.1 Å². The molecular formula is C11H14N2O3S. The normalized spacial score (nSPS) is 18.3. The minimum atomic E-state index is -3.77. The summed E-state index contributed by atoms with van der Waals surface area (Å²) in [6, 6.07) is 4.31. The number of rotatable bonds is 0. The van der Waals surface area contributed by atoms with Crippen molar-refractivity contribution < 1.29 is 13.2 Å². The Morgan fingerprint density at radius 3 is 2.35 bits per heavy atom. The number of fused-ring (bicyclic) bond motifs is 1. The Hall–Kier alpha value is -1.56. The number of nitrogens with two attached hydrogens (primary N) is 1. The molecule has 1 aliphatic heterocycles. The number of anilines is 1. The Kier molecular flexibility index (Phi) is 2.26. The maximum absolute atomic E-state index is 12.2. The SMILES string of the molecule is CC(C)(C)N1C(=O)c2ccc(N)cc2S1(=O)=O. The molecule has 0 bridgehead atoms. The third-order valence-corrected chi connectivity index (χ3v) is 4.64. The second-order valence-corrected chi connectivity index (χ2v) is 6.76. The zero-order valence-electron chi connectivity index (χ0n) is 9.89. The molecule has 0 saturated carbocycles. The number of nitrogen functional groups attached to an aromatic ring is 1. The largest absolute Gasteiger partial charge is 0.399 e. The van der Waals surface area contributed by atoms with Gasteiger partial charge in [-0.05, 0) is 39.0 Å². The maximum Gasteiger partial charge on any atom is 0.269 e. The highest BCUT2D eigenvalue weighted by molar-refractivity contribution is 7.90. The van der Waals surface area contributed by atoms with E-state index >= 15 is 0 Å². The molecule has 0 saturated heterocycles. The summed E-state index contributed by atoms with van der Waals surface area (Å²) in [5.41, 5.74) is 5.29. The highest BCUT2D eigenvalue weighted by Crippen LogP contribution is 2.36. The van der Waals surface area contributed by atoms with Crippen molar-refractivity contribution >= 4 is 21.6 Å². The molecule has 2 rings (SSSR count). The maximum atomic E-state index is 12.2. The van der Waals surface area contributed by atoms with Gasteiger partial charge in [-0.25, -0.2) is 12.7 Å². The van der Waals surface area contributed by atoms with Crippen molar-refractivity contribution in [2.45, 2.75) is 31.2 Å². The zero-order chi connectivity index (χ0) is 13.0. The second kappa shape index (κ2) is 3.22. The van der Waals surface area contributed by atoms with Crippen molar-refractivity contribution in [3.8, 4) is 0 Å². The van der Waals surface area contributed by atoms with Crippen LogP contribution in [0.5, 0.6) is 0 Å². The molecule has 5 nitrogen and oxygen atoms in total. The number of carbonyl (C=O) groups excluding carboxylic acids is 1. The van der Waals surface area contributed by atoms with Crippen molar-refractivity contribution in [3.63, 3.8) is 0 Å². The lowest BCUT2D eigenvalue weighted by Crippen LogP contribution is -2.45. The summed E-state index contributed by atoms with van der Waals surface area (Å²) < 4.78 is 25.4. The first-order valence-electron chi connectivity index (χ1n) is 5.15. The first kappa shape index (κ1) is 11.9. The quantitative estimate of drug-likeness (QED) is 0.706. The molecule has 0 spiro atoms. The van der Waals surface area contributed by atoms with Crippen molar-refractivity contribution in [1.29, 1.82) is 0 Å². The van der Waals surface area contributed by atoms with E-state index in [1.807, 2.05) is 0 Å². The molecule has 6 heteroatoms. The fourth-order valence-corrected chi connectivity index (χ4v) is 3.86. The average molecular weight is 254 g/mol. The Morgan fingerprint density at radius 1 is 1.24 bits per heavy atom. The van der Waals surface area contributed by atoms with Crippen LogP contribution in [0.2, 0.25) is 0 Å². The Balaban J connectivity index is 2.74. The first-order valence-corrected chi connectivity index (χ1v) is 6.59. The summed E-state index contributed by atoms with van der Waals surface area (Å²) in [4.78, 5) is 12.1. The third-order valence-electron chi connectivity index (χ3n) is 2.55. The Morgan fingerprint density at radius 2 is 1.82 bits per heavy atom. The fraction of sp³-hybridized carbons (Fsp3) is 0.364. The molecule has 1 aromatic carbocycles. The summed E-state index contributed by atoms with van der Waals surface area (Å²) in [6.07, 6.45) is 0. The number of amides is 1. The van der Waals surface area contributed by atoms with Crippen LogP contribution in [-0.2, 0) is 10.0 Å². The van der Waals surface area contributed by atoms with Crippen LogP contribution in [0.25, 0.3) is 0 Å². The summed E-state index contributed by atoms with van der Waals surface area (Å²) in [7, 11) is -3.77. The van der Waals surface area contributed by atoms with E-state index in [1.165, 1.54) is 18.2 Å². The van der Waals surface area contributed by atoms with E-state index < -0.39 is 21.5 Å². The van der Waals surface area contributed by atoms with Crippen LogP contribution in [0.4, 0.5) is 5.69 Å². The topological polar surface area (TPSA) is 80.5 Å². The van der Waals surface area contributed by atoms with E-state index in [9.17, 15) is 13.2 Å². The molecule has 0 aromatic heterocycles. The van der Waals surface area contributed by atoms with Crippen LogP contribution in [0.15, 0.2) is 23.1 Å². The van der Waals surface area contributed by atoms with Gasteiger partial charge in [-0.1, -0.05) is 0 Å². The number of hydrogen-bond donors (Lipinski definition) is 1. The summed E-state index contributed by atoms with van der Waals surface area (Å²) in [6.45, 7) is 5.03. The lowest BCUT2D eigenvalue weighted by Gasteiger charge is -2.29. The van der Waals surface area contributed by atoms with Crippen molar-refractivity contribution in [3.05, 3.63) is 23.8 Å². The molecule has 2 N–H and O–H groups in total. The van der Waals surface area contributed by atoms with E-state index in [2.05, 4.69) is 0 Å². The van der Waals surface area contributed by atoms with Gasteiger partial charge in [0.1, 0.15) is 4.90 Å². The molecule has 17 heavy (non-hydrogen) atoms. The van der Waals surface area contributed by atoms with E-state index in [1.54, 1.807) is 20.8 Å². The number of carbonyl (C=O) groups is 1. The molecule has 1 aromatic rings. The molecule has 0 unspecified atom stereocenters. The predicted molar refractivity (Wildman–Crippen MR) is 64.0 cm³/mol. The van der Waals surface area contributed by atoms with E-state index in [4.69, 9.17) is 5.73 Å². The fourth-order valence-electron chi connectivity index (χ4n) is 1.91. The Bertz CT molecular complexity index is 600. The van der Waals surface area contributed by atoms with Crippen LogP contribution in [-0.4, -0.2) is 24.2 Å². The van der Waals surface area contributed by atoms with E-state index in [0.717, 1.165) is 4.31 Å². The molecule has 1 aliphatic rings. The van der Waals surface area contributed by atoms with Gasteiger partial charge in [0.2, 0.25) is 0 Å². The monoisotopic (exact) mass is 254 g/mol. The molecular weight excluding hydrogens is 240 g/mol. The van der Waals surface area contributed by atoms with Gasteiger partial charge in [0, 0.05) is 5.69 Å². The smallest absolute Gasteiger partial charge is 0.269 e. The number of hydrogen-bond acceptors (Lipinski definition) is 4. The van der Waals surface area contributed by atoms with Crippen molar-refractivity contribution in [2.24, 2.45) is 0 Å². The predicted octanol–water partition coefficient (Wildman–Crippen LogP) is 1.21. The van der Waals surface area contributed by atoms with E-state index in [0.29, 0.717) is 5.69 Å². The molecule has 1 amide bonds. The van der Waals surface area contributed by atoms with Crippen LogP contribution < -0.4 is 5.73 Å². The van der Waals surface area contributed by atoms with Gasteiger partial charge >= 0.3 is 0 Å². The number of benzene rings is 1. The molecule has 0 atom stereocenters. The molecule has 0 radical (unpaired) electrons. The average Bonchev–Trinajstić information content (AvgIpc) is 2.33.